The Morgan fingerprint density at radius 2 is 0.633 bits per heavy atom. The molecule has 0 radical (unpaired) electrons. The van der Waals surface area contributed by atoms with E-state index < -0.39 is 100 Å². The number of carbonyl (C=O) groups excluding carboxylic acids is 6. The number of carboxylic acid groups (broad SMARTS) is 1. The lowest BCUT2D eigenvalue weighted by atomic mass is 9.97. The van der Waals surface area contributed by atoms with Crippen LogP contribution in [0.25, 0.3) is 0 Å². The molecule has 0 amide bonds. The molecule has 0 aromatic heterocycles. The molecule has 0 saturated carbocycles. The number of thiol groups is 5. The van der Waals surface area contributed by atoms with Crippen LogP contribution >= 0.6 is 86.0 Å². The number of Topliss-reactive ketones (excluding diaryl/α,β-unsaturated/α-hetero) is 1. The lowest BCUT2D eigenvalue weighted by molar-refractivity contribution is -0.155. The third-order valence-corrected chi connectivity index (χ3v) is 15.3. The molecule has 0 aliphatic carbocycles. The van der Waals surface area contributed by atoms with Gasteiger partial charge in [-0.3, -0.25) is 14.3 Å². The molecule has 0 fully saturated rings. The lowest BCUT2D eigenvalue weighted by Crippen LogP contribution is -2.24. The second-order valence-electron chi connectivity index (χ2n) is 23.2. The van der Waals surface area contributed by atoms with Gasteiger partial charge in [-0.25, -0.2) is 19.2 Å². The number of ether oxygens (including phenoxy) is 5. The zero-order chi connectivity index (χ0) is 84.4. The van der Waals surface area contributed by atoms with Crippen LogP contribution in [-0.4, -0.2) is 135 Å². The van der Waals surface area contributed by atoms with Crippen molar-refractivity contribution in [3.05, 3.63) is 185 Å². The minimum Gasteiger partial charge on any atom is -0.497 e. The van der Waals surface area contributed by atoms with Crippen molar-refractivity contribution in [3.63, 3.8) is 0 Å². The SMILES string of the molecule is CCC.CCC(C)=O.CCl.CNS.COc1ccc([C@@H](O)[C@@H](C)C(=O)ONS)cc1.COc1ccc([C@@H](O)[C@H](C)C(=O)ONS)cc1.COc1ccc([C@H](O)[C@@H](C)C(=O)ONS)cc1.COc1ccc([C@H](O)[C@H](C)C(=O)ONS)cc1.COc1ccc([C@H](OS(C)(C)C)[C@H](C)C(=O)O)cc1.Cc1ccc(C=O)cc1. The van der Waals surface area contributed by atoms with Crippen LogP contribution in [0.2, 0.25) is 0 Å². The summed E-state index contributed by atoms with van der Waals surface area (Å²) < 4.78 is 33.5. The van der Waals surface area contributed by atoms with E-state index in [0.717, 1.165) is 23.2 Å². The molecule has 34 heteroatoms. The van der Waals surface area contributed by atoms with E-state index in [0.29, 0.717) is 51.7 Å². The highest BCUT2D eigenvalue weighted by Gasteiger charge is 2.31. The molecule has 10 atom stereocenters. The standard InChI is InChI=1S/C14H22O4S.4C11H15NO4S.C8H8O.C4H8O.C3H8.CH3Cl.CH5NS/c1-10(14(15)16)13(18-19(3,4)5)11-6-8-12(17-2)9-7-11;4*1-7(11(14)16-12-17)10(13)8-3-5-9(15-2)6-4-8;1-7-2-4-8(6-9)5-3-7;1-3-4(2)5;1-3-2;1-2;1-2-3/h6-10,13H,1-5H3,(H,15,16);4*3-7,10,12-13,17H,1-2H3;2-6H,1H3;3H2,1-2H3;3H2,1-2H3;1H3;2-3H,1H3/t10-,13+;2*7-,10+;2*7-,10-;;;;;/m01010...../s1. The number of aliphatic hydroxyl groups is 4. The third kappa shape index (κ3) is 47.7. The zero-order valence-electron chi connectivity index (χ0n) is 65.3. The van der Waals surface area contributed by atoms with Crippen molar-refractivity contribution in [3.8, 4) is 28.7 Å². The number of benzene rings is 6. The van der Waals surface area contributed by atoms with E-state index in [1.165, 1.54) is 18.4 Å². The van der Waals surface area contributed by atoms with E-state index in [2.05, 4.69) is 114 Å². The molecule has 27 nitrogen and oxygen atoms in total. The molecule has 0 aliphatic heterocycles. The number of aldehydes is 1. The number of halogens is 1. The molecule has 0 heterocycles. The van der Waals surface area contributed by atoms with Gasteiger partial charge in [0.15, 0.2) is 0 Å². The fraction of sp³-hybridized carbons (Fsp3) is 0.427. The first-order valence-corrected chi connectivity index (χ1v) is 38.9. The summed E-state index contributed by atoms with van der Waals surface area (Å²) in [5.74, 6) is -2.79. The maximum Gasteiger partial charge on any atom is 0.331 e. The first-order chi connectivity index (χ1) is 51.5. The summed E-state index contributed by atoms with van der Waals surface area (Å²) in [5.41, 5.74) is 5.26. The minimum absolute atomic E-state index is 0.255. The van der Waals surface area contributed by atoms with Gasteiger partial charge in [0.2, 0.25) is 0 Å². The normalized spacial score (nSPS) is 12.9. The van der Waals surface area contributed by atoms with E-state index in [-0.39, 0.29) is 5.78 Å². The van der Waals surface area contributed by atoms with Crippen LogP contribution in [0.15, 0.2) is 146 Å². The first-order valence-electron chi connectivity index (χ1n) is 33.2. The van der Waals surface area contributed by atoms with Crippen LogP contribution in [0.3, 0.4) is 0 Å². The Hall–Kier alpha value is -7.00. The monoisotopic (exact) mass is 1660 g/mol. The molecule has 614 valence electrons. The van der Waals surface area contributed by atoms with Gasteiger partial charge < -0.3 is 77.5 Å². The number of aryl methyl sites for hydroxylation is 1. The van der Waals surface area contributed by atoms with E-state index in [1.807, 2.05) is 101 Å². The molecule has 0 unspecified atom stereocenters. The number of rotatable bonds is 28. The summed E-state index contributed by atoms with van der Waals surface area (Å²) >= 11 is 22.4. The van der Waals surface area contributed by atoms with Gasteiger partial charge in [0.25, 0.3) is 0 Å². The predicted molar refractivity (Wildman–Crippen MR) is 444 cm³/mol. The Bertz CT molecular complexity index is 3080. The van der Waals surface area contributed by atoms with E-state index in [1.54, 1.807) is 181 Å². The van der Waals surface area contributed by atoms with Crippen molar-refractivity contribution >= 4 is 128 Å². The number of methoxy groups -OCH3 is 5. The molecule has 10 N–H and O–H groups in total. The molecule has 0 bridgehead atoms. The number of hydrogen-bond acceptors (Lipinski definition) is 31. The molecule has 0 aliphatic rings. The third-order valence-electron chi connectivity index (χ3n) is 14.2. The van der Waals surface area contributed by atoms with Crippen LogP contribution in [0.5, 0.6) is 28.7 Å². The van der Waals surface area contributed by atoms with Gasteiger partial charge in [0, 0.05) is 18.4 Å². The van der Waals surface area contributed by atoms with Crippen molar-refractivity contribution in [2.75, 3.05) is 67.7 Å². The quantitative estimate of drug-likeness (QED) is 0.00713. The molecule has 6 aromatic rings. The molecule has 0 spiro atoms. The number of carbonyl (C=O) groups is 7. The van der Waals surface area contributed by atoms with Gasteiger partial charge >= 0.3 is 29.8 Å². The fourth-order valence-electron chi connectivity index (χ4n) is 7.73. The van der Waals surface area contributed by atoms with E-state index >= 15 is 0 Å². The van der Waals surface area contributed by atoms with Gasteiger partial charge in [0.1, 0.15) is 46.9 Å². The summed E-state index contributed by atoms with van der Waals surface area (Å²) in [4.78, 5) is 102. The Labute approximate surface area is 677 Å². The van der Waals surface area contributed by atoms with Crippen LogP contribution in [0, 0.1) is 36.5 Å². The molecule has 109 heavy (non-hydrogen) atoms. The summed E-state index contributed by atoms with van der Waals surface area (Å²) in [6.07, 6.45) is 6.04. The van der Waals surface area contributed by atoms with Crippen LogP contribution < -0.4 is 47.9 Å². The van der Waals surface area contributed by atoms with Gasteiger partial charge in [-0.1, -0.05) is 201 Å². The average molecular weight is 1670 g/mol. The zero-order valence-corrected chi connectivity index (χ0v) is 71.4. The van der Waals surface area contributed by atoms with Gasteiger partial charge in [-0.2, -0.15) is 0 Å². The topological polar surface area (TPSA) is 373 Å². The minimum atomic E-state index is -1.26. The van der Waals surface area contributed by atoms with Crippen LogP contribution in [0.1, 0.15) is 149 Å². The highest BCUT2D eigenvalue weighted by molar-refractivity contribution is 8.28. The lowest BCUT2D eigenvalue weighted by Gasteiger charge is -2.33. The van der Waals surface area contributed by atoms with Gasteiger partial charge in [-0.05, 0) is 163 Å². The molecule has 0 saturated heterocycles. The number of aliphatic hydroxyl groups excluding tert-OH is 4. The van der Waals surface area contributed by atoms with Crippen molar-refractivity contribution in [1.29, 1.82) is 0 Å². The highest BCUT2D eigenvalue weighted by atomic mass is 35.5. The van der Waals surface area contributed by atoms with Gasteiger partial charge in [0.05, 0.1) is 89.6 Å². The van der Waals surface area contributed by atoms with E-state index in [9.17, 15) is 59.1 Å². The van der Waals surface area contributed by atoms with Crippen molar-refractivity contribution < 1.29 is 106 Å². The van der Waals surface area contributed by atoms with Crippen molar-refractivity contribution in [1.82, 2.24) is 24.3 Å². The Morgan fingerprint density at radius 3 is 0.789 bits per heavy atom. The largest absolute Gasteiger partial charge is 0.497 e. The fourth-order valence-corrected chi connectivity index (χ4v) is 8.99. The summed E-state index contributed by atoms with van der Waals surface area (Å²) in [6, 6.07) is 42.1. The highest BCUT2D eigenvalue weighted by Crippen LogP contribution is 2.45. The van der Waals surface area contributed by atoms with Crippen LogP contribution in [-0.2, 0) is 52.3 Å². The average Bonchev–Trinajstić information content (AvgIpc) is 0.870. The predicted octanol–water partition coefficient (Wildman–Crippen LogP) is 13.2. The Balaban J connectivity index is -0.000000591. The number of alkyl halides is 1. The molecule has 6 rings (SSSR count). The number of hydrogen-bond donors (Lipinski definition) is 15. The smallest absolute Gasteiger partial charge is 0.331 e. The number of aliphatic carboxylic acids is 1. The molecular formula is C75H114ClN5O22S6. The summed E-state index contributed by atoms with van der Waals surface area (Å²) in [6.45, 7) is 17.6. The Kier molecular flexibility index (Phi) is 64.2. The summed E-state index contributed by atoms with van der Waals surface area (Å²) in [5, 5.41) is 49.0. The molecular weight excluding hydrogens is 1550 g/mol. The van der Waals surface area contributed by atoms with Crippen molar-refractivity contribution in [2.45, 2.75) is 113 Å². The Morgan fingerprint density at radius 1 is 0.431 bits per heavy atom. The second kappa shape index (κ2) is 64.6. The second-order valence-corrected chi connectivity index (χ2v) is 28.1. The summed E-state index contributed by atoms with van der Waals surface area (Å²) in [7, 11) is 8.32. The molecule has 6 aromatic carbocycles. The maximum absolute atomic E-state index is 11.4. The first kappa shape index (κ1) is 108. The van der Waals surface area contributed by atoms with Crippen LogP contribution in [0.4, 0.5) is 0 Å². The maximum atomic E-state index is 11.4. The van der Waals surface area contributed by atoms with E-state index in [4.69, 9.17) is 27.9 Å². The number of carboxylic acids is 1. The number of ketones is 1. The van der Waals surface area contributed by atoms with Crippen molar-refractivity contribution in [2.24, 2.45) is 29.6 Å². The number of nitrogens with one attached hydrogen (secondary N) is 5. The van der Waals surface area contributed by atoms with Gasteiger partial charge in [-0.15, -0.1) is 21.9 Å².